The molecule has 7 heteroatoms. The molecule has 26 heavy (non-hydrogen) atoms. The lowest BCUT2D eigenvalue weighted by molar-refractivity contribution is -0.146. The van der Waals surface area contributed by atoms with Gasteiger partial charge in [0.15, 0.2) is 0 Å². The van der Waals surface area contributed by atoms with Gasteiger partial charge in [0.25, 0.3) is 0 Å². The van der Waals surface area contributed by atoms with Crippen molar-refractivity contribution >= 4 is 23.4 Å². The van der Waals surface area contributed by atoms with E-state index >= 15 is 0 Å². The van der Waals surface area contributed by atoms with Gasteiger partial charge in [0.1, 0.15) is 0 Å². The lowest BCUT2D eigenvalue weighted by Gasteiger charge is -2.25. The smallest absolute Gasteiger partial charge is 0.329 e. The summed E-state index contributed by atoms with van der Waals surface area (Å²) in [4.78, 5) is 37.7. The number of piperidine rings is 1. The van der Waals surface area contributed by atoms with Crippen LogP contribution in [0.25, 0.3) is 0 Å². The van der Waals surface area contributed by atoms with Gasteiger partial charge in [-0.2, -0.15) is 5.10 Å². The van der Waals surface area contributed by atoms with E-state index in [2.05, 4.69) is 15.8 Å². The molecule has 1 heterocycles. The maximum atomic E-state index is 12.2. The third kappa shape index (κ3) is 7.14. The molecule has 2 rings (SSSR count). The van der Waals surface area contributed by atoms with Gasteiger partial charge in [0, 0.05) is 24.8 Å². The van der Waals surface area contributed by atoms with Gasteiger partial charge in [-0.25, -0.2) is 5.43 Å². The van der Waals surface area contributed by atoms with E-state index in [1.54, 1.807) is 11.8 Å². The Morgan fingerprint density at radius 2 is 1.50 bits per heavy atom. The summed E-state index contributed by atoms with van der Waals surface area (Å²) in [5.41, 5.74) is 2.78. The highest BCUT2D eigenvalue weighted by molar-refractivity contribution is 6.35. The predicted molar refractivity (Wildman–Crippen MR) is 101 cm³/mol. The van der Waals surface area contributed by atoms with E-state index in [4.69, 9.17) is 0 Å². The molecule has 0 aromatic carbocycles. The minimum Gasteiger partial charge on any atom is -0.353 e. The number of rotatable bonds is 4. The van der Waals surface area contributed by atoms with E-state index in [0.29, 0.717) is 18.8 Å². The SMILES string of the molecule is C/C(CC(=O)NC1CCCCCCC1)=N/NC(=O)C(=O)N1CCCCC1. The summed E-state index contributed by atoms with van der Waals surface area (Å²) in [6.45, 7) is 2.93. The highest BCUT2D eigenvalue weighted by atomic mass is 16.2. The molecule has 2 fully saturated rings. The number of carbonyl (C=O) groups excluding carboxylic acids is 3. The third-order valence-electron chi connectivity index (χ3n) is 5.07. The monoisotopic (exact) mass is 364 g/mol. The van der Waals surface area contributed by atoms with Crippen molar-refractivity contribution in [2.75, 3.05) is 13.1 Å². The molecule has 0 radical (unpaired) electrons. The highest BCUT2D eigenvalue weighted by Crippen LogP contribution is 2.17. The summed E-state index contributed by atoms with van der Waals surface area (Å²) in [6.07, 6.45) is 11.3. The van der Waals surface area contributed by atoms with Crippen LogP contribution in [-0.2, 0) is 14.4 Å². The van der Waals surface area contributed by atoms with E-state index in [1.165, 1.54) is 19.3 Å². The predicted octanol–water partition coefficient (Wildman–Crippen LogP) is 2.11. The second kappa shape index (κ2) is 10.9. The molecule has 3 amide bonds. The molecular formula is C19H32N4O3. The fourth-order valence-electron chi connectivity index (χ4n) is 3.59. The number of carbonyl (C=O) groups is 3. The van der Waals surface area contributed by atoms with Crippen LogP contribution < -0.4 is 10.7 Å². The van der Waals surface area contributed by atoms with Crippen molar-refractivity contribution in [3.05, 3.63) is 0 Å². The third-order valence-corrected chi connectivity index (χ3v) is 5.07. The van der Waals surface area contributed by atoms with Gasteiger partial charge in [-0.05, 0) is 39.0 Å². The Morgan fingerprint density at radius 1 is 0.923 bits per heavy atom. The summed E-state index contributed by atoms with van der Waals surface area (Å²) in [6, 6.07) is 0.242. The van der Waals surface area contributed by atoms with Gasteiger partial charge in [0.2, 0.25) is 5.91 Å². The Balaban J connectivity index is 1.72. The van der Waals surface area contributed by atoms with Crippen LogP contribution in [0.5, 0.6) is 0 Å². The zero-order chi connectivity index (χ0) is 18.8. The number of hydrazone groups is 1. The Morgan fingerprint density at radius 3 is 2.15 bits per heavy atom. The number of likely N-dealkylation sites (tertiary alicyclic amines) is 1. The molecule has 0 bridgehead atoms. The molecule has 2 N–H and O–H groups in total. The Labute approximate surface area is 156 Å². The number of amides is 3. The first-order valence-corrected chi connectivity index (χ1v) is 9.98. The first kappa shape index (κ1) is 20.4. The minimum absolute atomic E-state index is 0.0755. The van der Waals surface area contributed by atoms with E-state index in [0.717, 1.165) is 44.9 Å². The van der Waals surface area contributed by atoms with Gasteiger partial charge in [-0.15, -0.1) is 0 Å². The van der Waals surface area contributed by atoms with Gasteiger partial charge in [-0.1, -0.05) is 32.1 Å². The van der Waals surface area contributed by atoms with Crippen molar-refractivity contribution in [3.8, 4) is 0 Å². The van der Waals surface area contributed by atoms with Crippen molar-refractivity contribution in [1.82, 2.24) is 15.6 Å². The highest BCUT2D eigenvalue weighted by Gasteiger charge is 2.23. The topological polar surface area (TPSA) is 90.9 Å². The molecule has 1 saturated heterocycles. The first-order valence-electron chi connectivity index (χ1n) is 9.98. The minimum atomic E-state index is -0.730. The molecule has 0 aromatic heterocycles. The lowest BCUT2D eigenvalue weighted by atomic mass is 9.96. The van der Waals surface area contributed by atoms with Crippen molar-refractivity contribution in [2.45, 2.75) is 83.6 Å². The van der Waals surface area contributed by atoms with Gasteiger partial charge >= 0.3 is 11.8 Å². The molecular weight excluding hydrogens is 332 g/mol. The van der Waals surface area contributed by atoms with Gasteiger partial charge < -0.3 is 10.2 Å². The molecule has 0 aromatic rings. The lowest BCUT2D eigenvalue weighted by Crippen LogP contribution is -2.44. The van der Waals surface area contributed by atoms with E-state index in [1.807, 2.05) is 0 Å². The van der Waals surface area contributed by atoms with E-state index < -0.39 is 11.8 Å². The zero-order valence-electron chi connectivity index (χ0n) is 15.9. The quantitative estimate of drug-likeness (QED) is 0.455. The summed E-state index contributed by atoms with van der Waals surface area (Å²) >= 11 is 0. The maximum absolute atomic E-state index is 12.2. The summed E-state index contributed by atoms with van der Waals surface area (Å²) in [5, 5.41) is 6.99. The largest absolute Gasteiger partial charge is 0.353 e. The molecule has 1 saturated carbocycles. The Hall–Kier alpha value is -1.92. The van der Waals surface area contributed by atoms with Crippen LogP contribution in [0.15, 0.2) is 5.10 Å². The van der Waals surface area contributed by atoms with E-state index in [9.17, 15) is 14.4 Å². The molecule has 0 atom stereocenters. The molecule has 2 aliphatic rings. The summed E-state index contributed by atoms with van der Waals surface area (Å²) in [5.74, 6) is -1.35. The molecule has 146 valence electrons. The maximum Gasteiger partial charge on any atom is 0.329 e. The molecule has 0 spiro atoms. The fraction of sp³-hybridized carbons (Fsp3) is 0.789. The molecule has 1 aliphatic carbocycles. The number of nitrogens with one attached hydrogen (secondary N) is 2. The zero-order valence-corrected chi connectivity index (χ0v) is 15.9. The van der Waals surface area contributed by atoms with Crippen molar-refractivity contribution < 1.29 is 14.4 Å². The average Bonchev–Trinajstić information content (AvgIpc) is 2.62. The van der Waals surface area contributed by atoms with Crippen LogP contribution in [0, 0.1) is 0 Å². The van der Waals surface area contributed by atoms with Crippen molar-refractivity contribution in [1.29, 1.82) is 0 Å². The number of hydrogen-bond donors (Lipinski definition) is 2. The van der Waals surface area contributed by atoms with Crippen molar-refractivity contribution in [3.63, 3.8) is 0 Å². The first-order chi connectivity index (χ1) is 12.6. The molecule has 1 aliphatic heterocycles. The molecule has 7 nitrogen and oxygen atoms in total. The van der Waals surface area contributed by atoms with Crippen LogP contribution in [-0.4, -0.2) is 47.5 Å². The van der Waals surface area contributed by atoms with Crippen molar-refractivity contribution in [2.24, 2.45) is 5.10 Å². The number of hydrogen-bond acceptors (Lipinski definition) is 4. The van der Waals surface area contributed by atoms with Crippen LogP contribution in [0.2, 0.25) is 0 Å². The standard InChI is InChI=1S/C19H32N4O3/c1-15(14-17(24)20-16-10-6-3-2-4-7-11-16)21-22-18(25)19(26)23-12-8-5-9-13-23/h16H,2-14H2,1H3,(H,20,24)(H,22,25)/b21-15-. The van der Waals surface area contributed by atoms with Gasteiger partial charge in [0.05, 0.1) is 6.42 Å². The van der Waals surface area contributed by atoms with Crippen LogP contribution in [0.1, 0.15) is 77.6 Å². The summed E-state index contributed by atoms with van der Waals surface area (Å²) < 4.78 is 0. The number of nitrogens with zero attached hydrogens (tertiary/aromatic N) is 2. The Bertz CT molecular complexity index is 519. The van der Waals surface area contributed by atoms with Crippen LogP contribution in [0.4, 0.5) is 0 Å². The molecule has 0 unspecified atom stereocenters. The fourth-order valence-corrected chi connectivity index (χ4v) is 3.59. The normalized spacial score (nSPS) is 20.0. The summed E-state index contributed by atoms with van der Waals surface area (Å²) in [7, 11) is 0. The second-order valence-electron chi connectivity index (χ2n) is 7.43. The Kier molecular flexibility index (Phi) is 8.58. The van der Waals surface area contributed by atoms with Crippen LogP contribution in [0.3, 0.4) is 0 Å². The van der Waals surface area contributed by atoms with Gasteiger partial charge in [-0.3, -0.25) is 14.4 Å². The van der Waals surface area contributed by atoms with Crippen LogP contribution >= 0.6 is 0 Å². The second-order valence-corrected chi connectivity index (χ2v) is 7.43. The van der Waals surface area contributed by atoms with E-state index in [-0.39, 0.29) is 18.4 Å². The average molecular weight is 364 g/mol.